The number of rotatable bonds is 6. The first-order valence-corrected chi connectivity index (χ1v) is 9.59. The summed E-state index contributed by atoms with van der Waals surface area (Å²) in [5.74, 6) is -2.07. The third-order valence-corrected chi connectivity index (χ3v) is 5.88. The lowest BCUT2D eigenvalue weighted by Gasteiger charge is -2.43. The molecule has 0 aromatic carbocycles. The second-order valence-corrected chi connectivity index (χ2v) is 8.82. The number of Topliss-reactive ketones (excluding diaryl/α,β-unsaturated/α-hetero) is 1. The summed E-state index contributed by atoms with van der Waals surface area (Å²) in [6.07, 6.45) is -9.87. The Hall–Kier alpha value is 0.310. The van der Waals surface area contributed by atoms with Gasteiger partial charge in [0.25, 0.3) is 5.78 Å². The molecule has 6 nitrogen and oxygen atoms in total. The van der Waals surface area contributed by atoms with Gasteiger partial charge in [0.1, 0.15) is 29.9 Å². The van der Waals surface area contributed by atoms with Crippen LogP contribution in [0.25, 0.3) is 0 Å². The highest BCUT2D eigenvalue weighted by Gasteiger charge is 2.52. The number of carbonyl (C=O) groups excluding carboxylic acids is 1. The van der Waals surface area contributed by atoms with Crippen molar-refractivity contribution >= 4 is 41.9 Å². The third-order valence-electron chi connectivity index (χ3n) is 3.45. The molecule has 0 spiro atoms. The Morgan fingerprint density at radius 1 is 1.25 bits per heavy atom. The number of aliphatic hydroxyl groups excluding tert-OH is 3. The predicted molar refractivity (Wildman–Crippen MR) is 89.1 cm³/mol. The third kappa shape index (κ3) is 5.16. The Morgan fingerprint density at radius 3 is 2.21 bits per heavy atom. The van der Waals surface area contributed by atoms with Crippen molar-refractivity contribution in [3.8, 4) is 0 Å². The van der Waals surface area contributed by atoms with Crippen LogP contribution < -0.4 is 5.73 Å². The van der Waals surface area contributed by atoms with E-state index in [2.05, 4.69) is 12.6 Å². The number of nitrogens with two attached hydrogens (primary N) is 1. The number of carbonyl (C=O) groups is 1. The molecular formula is C12H20F3NO5S3. The van der Waals surface area contributed by atoms with Crippen molar-refractivity contribution in [2.75, 3.05) is 6.26 Å². The summed E-state index contributed by atoms with van der Waals surface area (Å²) in [4.78, 5) is 11.7. The molecule has 12 heteroatoms. The van der Waals surface area contributed by atoms with Gasteiger partial charge in [0.15, 0.2) is 0 Å². The van der Waals surface area contributed by atoms with E-state index < -0.39 is 57.7 Å². The first-order chi connectivity index (χ1) is 10.9. The van der Waals surface area contributed by atoms with Crippen LogP contribution in [0, 0.1) is 0 Å². The van der Waals surface area contributed by atoms with Crippen LogP contribution in [0.1, 0.15) is 6.92 Å². The molecule has 8 atom stereocenters. The lowest BCUT2D eigenvalue weighted by molar-refractivity contribution is -0.204. The molecule has 1 heterocycles. The quantitative estimate of drug-likeness (QED) is 0.307. The fourth-order valence-corrected chi connectivity index (χ4v) is 4.35. The highest BCUT2D eigenvalue weighted by molar-refractivity contribution is 8.11. The lowest BCUT2D eigenvalue weighted by atomic mass is 9.92. The van der Waals surface area contributed by atoms with E-state index in [9.17, 15) is 33.3 Å². The molecule has 142 valence electrons. The maximum atomic E-state index is 12.8. The zero-order chi connectivity index (χ0) is 18.8. The Labute approximate surface area is 151 Å². The Kier molecular flexibility index (Phi) is 8.20. The second-order valence-electron chi connectivity index (χ2n) is 5.27. The minimum absolute atomic E-state index is 0.577. The number of thioether (sulfide) groups is 2. The van der Waals surface area contributed by atoms with Crippen LogP contribution in [0.3, 0.4) is 0 Å². The van der Waals surface area contributed by atoms with E-state index in [1.54, 1.807) is 6.26 Å². The summed E-state index contributed by atoms with van der Waals surface area (Å²) in [5.41, 5.74) is 4.79. The van der Waals surface area contributed by atoms with Crippen LogP contribution in [-0.2, 0) is 9.53 Å². The molecule has 1 aliphatic rings. The largest absolute Gasteiger partial charge is 0.451 e. The molecule has 5 N–H and O–H groups in total. The molecule has 0 aromatic heterocycles. The molecule has 0 saturated carbocycles. The van der Waals surface area contributed by atoms with Gasteiger partial charge in [-0.3, -0.25) is 4.79 Å². The molecule has 0 amide bonds. The van der Waals surface area contributed by atoms with Crippen LogP contribution >= 0.6 is 36.2 Å². The molecule has 2 unspecified atom stereocenters. The lowest BCUT2D eigenvalue weighted by Crippen LogP contribution is -2.64. The van der Waals surface area contributed by atoms with Gasteiger partial charge in [-0.2, -0.15) is 25.8 Å². The minimum atomic E-state index is -5.12. The SMILES string of the molecule is CSC1O[C@H]([C@H](N)[C@@H](S[C@H](C)S)C(=O)C(F)(F)F)C(O)[C@@H](O)[C@H]1O. The van der Waals surface area contributed by atoms with Gasteiger partial charge in [-0.05, 0) is 13.2 Å². The molecule has 1 aliphatic heterocycles. The van der Waals surface area contributed by atoms with Crippen LogP contribution in [0.5, 0.6) is 0 Å². The second kappa shape index (κ2) is 8.80. The summed E-state index contributed by atoms with van der Waals surface area (Å²) in [7, 11) is 0. The normalized spacial score (nSPS) is 35.3. The van der Waals surface area contributed by atoms with Gasteiger partial charge >= 0.3 is 6.18 Å². The van der Waals surface area contributed by atoms with Crippen molar-refractivity contribution in [1.29, 1.82) is 0 Å². The number of hydrogen-bond acceptors (Lipinski definition) is 9. The molecule has 0 bridgehead atoms. The Bertz CT molecular complexity index is 441. The van der Waals surface area contributed by atoms with Gasteiger partial charge in [-0.25, -0.2) is 0 Å². The van der Waals surface area contributed by atoms with E-state index in [1.807, 2.05) is 0 Å². The minimum Gasteiger partial charge on any atom is -0.388 e. The van der Waals surface area contributed by atoms with Gasteiger partial charge in [0.2, 0.25) is 0 Å². The van der Waals surface area contributed by atoms with Crippen molar-refractivity contribution < 1.29 is 38.0 Å². The first-order valence-electron chi connectivity index (χ1n) is 6.84. The zero-order valence-electron chi connectivity index (χ0n) is 12.8. The topological polar surface area (TPSA) is 113 Å². The van der Waals surface area contributed by atoms with Crippen molar-refractivity contribution in [1.82, 2.24) is 0 Å². The van der Waals surface area contributed by atoms with Crippen molar-refractivity contribution in [3.05, 3.63) is 0 Å². The number of alkyl halides is 3. The van der Waals surface area contributed by atoms with Crippen LogP contribution in [0.15, 0.2) is 0 Å². The molecule has 1 rings (SSSR count). The standard InChI is InChI=1S/C12H20F3NO5S3/c1-3(22)24-9(10(20)12(13,14)15)4(16)8-6(18)5(17)7(19)11(21-8)23-2/h3-9,11,17-19,22H,16H2,1-2H3/t3-,4+,5-,6?,7-,8-,9-,11?/m1/s1. The Balaban J connectivity index is 3.07. The average molecular weight is 411 g/mol. The molecule has 0 aromatic rings. The number of ether oxygens (including phenoxy) is 1. The van der Waals surface area contributed by atoms with E-state index >= 15 is 0 Å². The van der Waals surface area contributed by atoms with Gasteiger partial charge < -0.3 is 25.8 Å². The number of ketones is 1. The summed E-state index contributed by atoms with van der Waals surface area (Å²) >= 11 is 5.54. The summed E-state index contributed by atoms with van der Waals surface area (Å²) in [6, 6.07) is -1.56. The number of hydrogen-bond donors (Lipinski definition) is 5. The van der Waals surface area contributed by atoms with Gasteiger partial charge in [-0.15, -0.1) is 23.5 Å². The van der Waals surface area contributed by atoms with Crippen molar-refractivity contribution in [2.24, 2.45) is 5.73 Å². The van der Waals surface area contributed by atoms with E-state index in [-0.39, 0.29) is 0 Å². The van der Waals surface area contributed by atoms with E-state index in [0.717, 1.165) is 11.8 Å². The first kappa shape index (κ1) is 22.4. The number of aliphatic hydroxyl groups is 3. The maximum absolute atomic E-state index is 12.8. The van der Waals surface area contributed by atoms with E-state index in [0.29, 0.717) is 11.8 Å². The van der Waals surface area contributed by atoms with Gasteiger partial charge in [-0.1, -0.05) is 0 Å². The van der Waals surface area contributed by atoms with Crippen LogP contribution in [-0.4, -0.2) is 79.3 Å². The molecule has 0 aliphatic carbocycles. The van der Waals surface area contributed by atoms with Gasteiger partial charge in [0.05, 0.1) is 11.3 Å². The van der Waals surface area contributed by atoms with Crippen LogP contribution in [0.2, 0.25) is 0 Å². The summed E-state index contributed by atoms with van der Waals surface area (Å²) < 4.78 is 43.1. The summed E-state index contributed by atoms with van der Waals surface area (Å²) in [5, 5.41) is 27.9. The fraction of sp³-hybridized carbons (Fsp3) is 0.917. The Morgan fingerprint density at radius 2 is 1.79 bits per heavy atom. The maximum Gasteiger partial charge on any atom is 0.451 e. The smallest absolute Gasteiger partial charge is 0.388 e. The van der Waals surface area contributed by atoms with Crippen LogP contribution in [0.4, 0.5) is 13.2 Å². The fourth-order valence-electron chi connectivity index (χ4n) is 2.26. The highest BCUT2D eigenvalue weighted by Crippen LogP contribution is 2.35. The number of thiol groups is 1. The van der Waals surface area contributed by atoms with Gasteiger partial charge in [0, 0.05) is 4.58 Å². The molecule has 1 fully saturated rings. The molecule has 24 heavy (non-hydrogen) atoms. The van der Waals surface area contributed by atoms with E-state index in [1.165, 1.54) is 6.92 Å². The van der Waals surface area contributed by atoms with Crippen molar-refractivity contribution in [3.63, 3.8) is 0 Å². The molecule has 1 saturated heterocycles. The zero-order valence-corrected chi connectivity index (χ0v) is 15.3. The predicted octanol–water partition coefficient (Wildman–Crippen LogP) is -0.00670. The summed E-state index contributed by atoms with van der Waals surface area (Å²) in [6.45, 7) is 1.47. The van der Waals surface area contributed by atoms with Crippen molar-refractivity contribution in [2.45, 2.75) is 58.8 Å². The highest BCUT2D eigenvalue weighted by atomic mass is 32.2. The van der Waals surface area contributed by atoms with E-state index in [4.69, 9.17) is 10.5 Å². The molecule has 0 radical (unpaired) electrons. The average Bonchev–Trinajstić information content (AvgIpc) is 2.48. The monoisotopic (exact) mass is 411 g/mol. The molecular weight excluding hydrogens is 391 g/mol. The number of halogens is 3.